The van der Waals surface area contributed by atoms with Crippen molar-refractivity contribution in [2.75, 3.05) is 24.2 Å². The fourth-order valence-electron chi connectivity index (χ4n) is 2.07. The van der Waals surface area contributed by atoms with Gasteiger partial charge in [0.1, 0.15) is 5.75 Å². The molecule has 1 rings (SSSR count). The molecule has 1 N–H and O–H groups in total. The predicted octanol–water partition coefficient (Wildman–Crippen LogP) is 2.16. The third-order valence-electron chi connectivity index (χ3n) is 3.55. The smallest absolute Gasteiger partial charge is 0.232 e. The minimum Gasteiger partial charge on any atom is -0.497 e. The zero-order valence-electron chi connectivity index (χ0n) is 14.2. The Morgan fingerprint density at radius 1 is 1.30 bits per heavy atom. The molecule has 0 aromatic heterocycles. The van der Waals surface area contributed by atoms with Crippen LogP contribution in [-0.4, -0.2) is 40.3 Å². The van der Waals surface area contributed by atoms with Crippen LogP contribution in [0.4, 0.5) is 5.69 Å². The number of nitrogens with zero attached hydrogens (tertiary/aromatic N) is 1. The topological polar surface area (TPSA) is 75.7 Å². The van der Waals surface area contributed by atoms with Gasteiger partial charge in [0, 0.05) is 19.0 Å². The summed E-state index contributed by atoms with van der Waals surface area (Å²) >= 11 is 0. The lowest BCUT2D eigenvalue weighted by Crippen LogP contribution is -2.34. The predicted molar refractivity (Wildman–Crippen MR) is 92.3 cm³/mol. The van der Waals surface area contributed by atoms with E-state index in [4.69, 9.17) is 4.74 Å². The lowest BCUT2D eigenvalue weighted by atomic mass is 10.2. The zero-order chi connectivity index (χ0) is 17.5. The molecule has 7 heteroatoms. The number of ether oxygens (including phenoxy) is 1. The fraction of sp³-hybridized carbons (Fsp3) is 0.562. The van der Waals surface area contributed by atoms with E-state index in [1.54, 1.807) is 31.4 Å². The second-order valence-electron chi connectivity index (χ2n) is 5.51. The van der Waals surface area contributed by atoms with Gasteiger partial charge in [0.05, 0.1) is 19.1 Å². The third-order valence-corrected chi connectivity index (χ3v) is 4.74. The van der Waals surface area contributed by atoms with Crippen LogP contribution in [0.3, 0.4) is 0 Å². The Morgan fingerprint density at radius 2 is 1.91 bits per heavy atom. The maximum atomic E-state index is 12.0. The Kier molecular flexibility index (Phi) is 7.35. The van der Waals surface area contributed by atoms with Crippen molar-refractivity contribution in [3.63, 3.8) is 0 Å². The van der Waals surface area contributed by atoms with Crippen molar-refractivity contribution < 1.29 is 17.9 Å². The number of sulfonamides is 1. The van der Waals surface area contributed by atoms with Crippen LogP contribution in [-0.2, 0) is 14.8 Å². The highest BCUT2D eigenvalue weighted by atomic mass is 32.2. The van der Waals surface area contributed by atoms with E-state index in [1.807, 2.05) is 13.8 Å². The molecular weight excluding hydrogens is 316 g/mol. The molecular formula is C16H26N2O4S. The number of hydrogen-bond acceptors (Lipinski definition) is 4. The van der Waals surface area contributed by atoms with Gasteiger partial charge < -0.3 is 10.1 Å². The van der Waals surface area contributed by atoms with Gasteiger partial charge in [-0.05, 0) is 44.0 Å². The van der Waals surface area contributed by atoms with Crippen LogP contribution in [0, 0.1) is 0 Å². The van der Waals surface area contributed by atoms with Gasteiger partial charge >= 0.3 is 0 Å². The van der Waals surface area contributed by atoms with Gasteiger partial charge in [-0.15, -0.1) is 0 Å². The molecule has 0 heterocycles. The molecule has 0 aliphatic rings. The quantitative estimate of drug-likeness (QED) is 0.746. The highest BCUT2D eigenvalue weighted by Crippen LogP contribution is 2.21. The average molecular weight is 342 g/mol. The molecule has 0 spiro atoms. The highest BCUT2D eigenvalue weighted by molar-refractivity contribution is 7.92. The Hall–Kier alpha value is -1.76. The van der Waals surface area contributed by atoms with E-state index in [0.717, 1.165) is 12.7 Å². The van der Waals surface area contributed by atoms with Crippen LogP contribution >= 0.6 is 0 Å². The summed E-state index contributed by atoms with van der Waals surface area (Å²) in [7, 11) is -1.85. The minimum absolute atomic E-state index is 0.0532. The molecule has 23 heavy (non-hydrogen) atoms. The van der Waals surface area contributed by atoms with Crippen molar-refractivity contribution in [2.45, 2.75) is 39.2 Å². The first-order chi connectivity index (χ1) is 10.8. The van der Waals surface area contributed by atoms with E-state index >= 15 is 0 Å². The van der Waals surface area contributed by atoms with Gasteiger partial charge in [0.15, 0.2) is 0 Å². The molecule has 0 bridgehead atoms. The van der Waals surface area contributed by atoms with E-state index in [2.05, 4.69) is 5.32 Å². The Bertz CT molecular complexity index is 599. The molecule has 6 nitrogen and oxygen atoms in total. The van der Waals surface area contributed by atoms with Gasteiger partial charge in [-0.25, -0.2) is 8.42 Å². The number of rotatable bonds is 9. The Labute approximate surface area is 138 Å². The van der Waals surface area contributed by atoms with Crippen molar-refractivity contribution in [3.8, 4) is 5.75 Å². The van der Waals surface area contributed by atoms with Crippen LogP contribution in [0.1, 0.15) is 33.1 Å². The number of hydrogen-bond donors (Lipinski definition) is 1. The van der Waals surface area contributed by atoms with Crippen molar-refractivity contribution in [1.82, 2.24) is 5.32 Å². The van der Waals surface area contributed by atoms with Crippen LogP contribution in [0.15, 0.2) is 24.3 Å². The fourth-order valence-corrected chi connectivity index (χ4v) is 3.03. The molecule has 1 aromatic rings. The zero-order valence-corrected chi connectivity index (χ0v) is 15.0. The molecule has 1 atom stereocenters. The van der Waals surface area contributed by atoms with E-state index in [9.17, 15) is 13.2 Å². The maximum Gasteiger partial charge on any atom is 0.232 e. The largest absolute Gasteiger partial charge is 0.497 e. The monoisotopic (exact) mass is 342 g/mol. The van der Waals surface area contributed by atoms with Crippen molar-refractivity contribution in [2.24, 2.45) is 0 Å². The summed E-state index contributed by atoms with van der Waals surface area (Å²) in [6, 6.07) is 6.94. The van der Waals surface area contributed by atoms with Gasteiger partial charge in [-0.2, -0.15) is 0 Å². The summed E-state index contributed by atoms with van der Waals surface area (Å²) in [4.78, 5) is 11.8. The lowest BCUT2D eigenvalue weighted by Gasteiger charge is -2.22. The Balaban J connectivity index is 2.68. The van der Waals surface area contributed by atoms with Crippen molar-refractivity contribution in [1.29, 1.82) is 0 Å². The van der Waals surface area contributed by atoms with Crippen LogP contribution in [0.5, 0.6) is 5.75 Å². The van der Waals surface area contributed by atoms with Crippen LogP contribution in [0.2, 0.25) is 0 Å². The van der Waals surface area contributed by atoms with Crippen molar-refractivity contribution in [3.05, 3.63) is 24.3 Å². The Morgan fingerprint density at radius 3 is 2.39 bits per heavy atom. The first kappa shape index (κ1) is 19.3. The SMILES string of the molecule is CC[C@@H](C)NC(=O)CCCN(c1ccc(OC)cc1)S(C)(=O)=O. The summed E-state index contributed by atoms with van der Waals surface area (Å²) < 4.78 is 30.3. The minimum atomic E-state index is -3.40. The second-order valence-corrected chi connectivity index (χ2v) is 7.42. The molecule has 0 aliphatic carbocycles. The third kappa shape index (κ3) is 6.48. The van der Waals surface area contributed by atoms with Crippen molar-refractivity contribution >= 4 is 21.6 Å². The summed E-state index contributed by atoms with van der Waals surface area (Å²) in [6.07, 6.45) is 2.79. The molecule has 0 aliphatic heterocycles. The lowest BCUT2D eigenvalue weighted by molar-refractivity contribution is -0.121. The number of carbonyl (C=O) groups is 1. The first-order valence-corrected chi connectivity index (χ1v) is 9.54. The van der Waals surface area contributed by atoms with Gasteiger partial charge in [-0.3, -0.25) is 9.10 Å². The summed E-state index contributed by atoms with van der Waals surface area (Å²) in [5, 5.41) is 2.87. The number of amides is 1. The van der Waals surface area contributed by atoms with E-state index in [1.165, 1.54) is 4.31 Å². The molecule has 1 aromatic carbocycles. The average Bonchev–Trinajstić information content (AvgIpc) is 2.50. The highest BCUT2D eigenvalue weighted by Gasteiger charge is 2.17. The van der Waals surface area contributed by atoms with Crippen LogP contribution in [0.25, 0.3) is 0 Å². The van der Waals surface area contributed by atoms with Gasteiger partial charge in [-0.1, -0.05) is 6.92 Å². The summed E-state index contributed by atoms with van der Waals surface area (Å²) in [6.45, 7) is 4.21. The number of carbonyl (C=O) groups excluding carboxylic acids is 1. The molecule has 0 saturated heterocycles. The number of benzene rings is 1. The number of nitrogens with one attached hydrogen (secondary N) is 1. The molecule has 0 saturated carbocycles. The maximum absolute atomic E-state index is 12.0. The molecule has 0 fully saturated rings. The van der Waals surface area contributed by atoms with Gasteiger partial charge in [0.2, 0.25) is 15.9 Å². The molecule has 1 amide bonds. The molecule has 130 valence electrons. The normalized spacial score (nSPS) is 12.5. The first-order valence-electron chi connectivity index (χ1n) is 7.69. The summed E-state index contributed by atoms with van der Waals surface area (Å²) in [5.41, 5.74) is 0.565. The standard InChI is InChI=1S/C16H26N2O4S/c1-5-13(2)17-16(19)7-6-12-18(23(4,20)21)14-8-10-15(22-3)11-9-14/h8-11,13H,5-7,12H2,1-4H3,(H,17,19)/t13-/m1/s1. The number of anilines is 1. The molecule has 0 unspecified atom stereocenters. The van der Waals surface area contributed by atoms with E-state index in [0.29, 0.717) is 24.3 Å². The number of methoxy groups -OCH3 is 1. The molecule has 0 radical (unpaired) electrons. The summed E-state index contributed by atoms with van der Waals surface area (Å²) in [5.74, 6) is 0.609. The van der Waals surface area contributed by atoms with Gasteiger partial charge in [0.25, 0.3) is 0 Å². The van der Waals surface area contributed by atoms with Crippen LogP contribution < -0.4 is 14.4 Å². The van der Waals surface area contributed by atoms with E-state index in [-0.39, 0.29) is 18.5 Å². The second kappa shape index (κ2) is 8.76. The van der Waals surface area contributed by atoms with E-state index < -0.39 is 10.0 Å².